The Morgan fingerprint density at radius 1 is 0.900 bits per heavy atom. The molecule has 5 nitrogen and oxygen atoms in total. The summed E-state index contributed by atoms with van der Waals surface area (Å²) in [5, 5.41) is 0. The first kappa shape index (κ1) is 18.9. The van der Waals surface area contributed by atoms with Crippen molar-refractivity contribution in [2.45, 2.75) is 59.4 Å². The largest absolute Gasteiger partial charge is 0.466 e. The maximum Gasteiger partial charge on any atom is 0.364 e. The summed E-state index contributed by atoms with van der Waals surface area (Å²) in [5.74, 6) is 0.413. The third-order valence-electron chi connectivity index (χ3n) is 2.93. The molecule has 0 unspecified atom stereocenters. The van der Waals surface area contributed by atoms with Gasteiger partial charge in [0.05, 0.1) is 19.6 Å². The standard InChI is InChI=1S/C15H29NO4/c1-11(2)7-9-19-14(17)6-5-13(16)15(18)20-10-8-12(3)4/h11-13H,5-10,16H2,1-4H3/p+1/t13-/m0/s1. The molecule has 0 aromatic carbocycles. The van der Waals surface area contributed by atoms with E-state index in [1.165, 1.54) is 0 Å². The molecule has 0 aromatic heterocycles. The normalized spacial score (nSPS) is 12.6. The fourth-order valence-electron chi connectivity index (χ4n) is 1.40. The molecule has 0 aromatic rings. The lowest BCUT2D eigenvalue weighted by molar-refractivity contribution is -0.409. The third-order valence-corrected chi connectivity index (χ3v) is 2.93. The van der Waals surface area contributed by atoms with Crippen molar-refractivity contribution in [1.29, 1.82) is 0 Å². The topological polar surface area (TPSA) is 80.2 Å². The molecular weight excluding hydrogens is 258 g/mol. The average molecular weight is 288 g/mol. The van der Waals surface area contributed by atoms with Gasteiger partial charge in [-0.15, -0.1) is 0 Å². The van der Waals surface area contributed by atoms with Gasteiger partial charge in [-0.25, -0.2) is 4.79 Å². The molecule has 0 rings (SSSR count). The molecule has 0 amide bonds. The lowest BCUT2D eigenvalue weighted by atomic mass is 10.1. The van der Waals surface area contributed by atoms with Crippen LogP contribution in [0.5, 0.6) is 0 Å². The van der Waals surface area contributed by atoms with E-state index in [0.717, 1.165) is 12.8 Å². The van der Waals surface area contributed by atoms with Gasteiger partial charge in [-0.05, 0) is 24.7 Å². The smallest absolute Gasteiger partial charge is 0.364 e. The molecule has 0 aliphatic heterocycles. The highest BCUT2D eigenvalue weighted by molar-refractivity contribution is 5.75. The summed E-state index contributed by atoms with van der Waals surface area (Å²) in [7, 11) is 0. The molecule has 0 heterocycles. The van der Waals surface area contributed by atoms with Crippen molar-refractivity contribution in [2.75, 3.05) is 13.2 Å². The first-order valence-electron chi connectivity index (χ1n) is 7.48. The van der Waals surface area contributed by atoms with Crippen LogP contribution < -0.4 is 5.73 Å². The number of esters is 2. The van der Waals surface area contributed by atoms with Gasteiger partial charge < -0.3 is 15.2 Å². The van der Waals surface area contributed by atoms with E-state index in [2.05, 4.69) is 33.4 Å². The molecule has 0 aliphatic carbocycles. The Kier molecular flexibility index (Phi) is 10.1. The fourth-order valence-corrected chi connectivity index (χ4v) is 1.40. The summed E-state index contributed by atoms with van der Waals surface area (Å²) >= 11 is 0. The predicted octanol–water partition coefficient (Wildman–Crippen LogP) is 1.56. The Balaban J connectivity index is 3.71. The van der Waals surface area contributed by atoms with E-state index in [9.17, 15) is 9.59 Å². The second kappa shape index (κ2) is 10.7. The van der Waals surface area contributed by atoms with Gasteiger partial charge in [-0.3, -0.25) is 4.79 Å². The second-order valence-corrected chi connectivity index (χ2v) is 5.99. The maximum atomic E-state index is 11.6. The molecule has 0 bridgehead atoms. The van der Waals surface area contributed by atoms with Crippen molar-refractivity contribution in [3.63, 3.8) is 0 Å². The first-order valence-corrected chi connectivity index (χ1v) is 7.48. The van der Waals surface area contributed by atoms with Crippen molar-refractivity contribution in [1.82, 2.24) is 0 Å². The highest BCUT2D eigenvalue weighted by atomic mass is 16.5. The molecule has 0 fully saturated rings. The minimum atomic E-state index is -0.500. The molecule has 0 radical (unpaired) electrons. The third kappa shape index (κ3) is 10.8. The van der Waals surface area contributed by atoms with Gasteiger partial charge in [0.25, 0.3) is 0 Å². The maximum absolute atomic E-state index is 11.6. The van der Waals surface area contributed by atoms with E-state index in [1.54, 1.807) is 0 Å². The summed E-state index contributed by atoms with van der Waals surface area (Å²) in [6, 6.07) is -0.500. The van der Waals surface area contributed by atoms with Gasteiger partial charge in [0.2, 0.25) is 0 Å². The predicted molar refractivity (Wildman–Crippen MR) is 76.7 cm³/mol. The number of rotatable bonds is 10. The monoisotopic (exact) mass is 288 g/mol. The van der Waals surface area contributed by atoms with Gasteiger partial charge in [0, 0.05) is 6.42 Å². The van der Waals surface area contributed by atoms with Gasteiger partial charge >= 0.3 is 11.9 Å². The van der Waals surface area contributed by atoms with Crippen LogP contribution in [-0.4, -0.2) is 31.2 Å². The van der Waals surface area contributed by atoms with Crippen molar-refractivity contribution < 1.29 is 24.8 Å². The average Bonchev–Trinajstić information content (AvgIpc) is 2.34. The Bertz CT molecular complexity index is 290. The van der Waals surface area contributed by atoms with Crippen molar-refractivity contribution >= 4 is 11.9 Å². The number of hydrogen-bond donors (Lipinski definition) is 1. The number of quaternary nitrogens is 1. The van der Waals surface area contributed by atoms with Crippen LogP contribution in [-0.2, 0) is 19.1 Å². The Morgan fingerprint density at radius 3 is 1.90 bits per heavy atom. The molecule has 118 valence electrons. The molecule has 0 saturated heterocycles. The molecular formula is C15H30NO4+. The molecule has 5 heteroatoms. The van der Waals surface area contributed by atoms with E-state index < -0.39 is 6.04 Å². The molecule has 1 atom stereocenters. The Labute approximate surface area is 122 Å². The lowest BCUT2D eigenvalue weighted by Crippen LogP contribution is -2.65. The van der Waals surface area contributed by atoms with Gasteiger partial charge in [0.15, 0.2) is 6.04 Å². The van der Waals surface area contributed by atoms with Crippen LogP contribution in [0.1, 0.15) is 53.4 Å². The molecule has 0 spiro atoms. The highest BCUT2D eigenvalue weighted by Crippen LogP contribution is 2.04. The number of carbonyl (C=O) groups excluding carboxylic acids is 2. The zero-order chi connectivity index (χ0) is 15.5. The number of hydrogen-bond acceptors (Lipinski definition) is 4. The minimum Gasteiger partial charge on any atom is -0.466 e. The summed E-state index contributed by atoms with van der Waals surface area (Å²) in [6.45, 7) is 9.16. The van der Waals surface area contributed by atoms with Crippen LogP contribution in [0, 0.1) is 11.8 Å². The highest BCUT2D eigenvalue weighted by Gasteiger charge is 2.20. The zero-order valence-electron chi connectivity index (χ0n) is 13.3. The van der Waals surface area contributed by atoms with Crippen molar-refractivity contribution in [3.05, 3.63) is 0 Å². The minimum absolute atomic E-state index is 0.214. The molecule has 3 N–H and O–H groups in total. The second-order valence-electron chi connectivity index (χ2n) is 5.99. The van der Waals surface area contributed by atoms with Crippen molar-refractivity contribution in [2.24, 2.45) is 11.8 Å². The summed E-state index contributed by atoms with van der Waals surface area (Å²) in [4.78, 5) is 23.1. The molecule has 20 heavy (non-hydrogen) atoms. The summed E-state index contributed by atoms with van der Waals surface area (Å²) in [5.41, 5.74) is 3.73. The van der Waals surface area contributed by atoms with Crippen LogP contribution >= 0.6 is 0 Å². The summed E-state index contributed by atoms with van der Waals surface area (Å²) in [6.07, 6.45) is 2.29. The van der Waals surface area contributed by atoms with E-state index in [-0.39, 0.29) is 18.4 Å². The number of carbonyl (C=O) groups is 2. The lowest BCUT2D eigenvalue weighted by Gasteiger charge is -2.10. The molecule has 0 aliphatic rings. The van der Waals surface area contributed by atoms with E-state index in [0.29, 0.717) is 31.5 Å². The van der Waals surface area contributed by atoms with Gasteiger partial charge in [-0.1, -0.05) is 27.7 Å². The van der Waals surface area contributed by atoms with E-state index in [4.69, 9.17) is 9.47 Å². The van der Waals surface area contributed by atoms with E-state index >= 15 is 0 Å². The van der Waals surface area contributed by atoms with Gasteiger partial charge in [0.1, 0.15) is 0 Å². The van der Waals surface area contributed by atoms with Crippen LogP contribution in [0.15, 0.2) is 0 Å². The Hall–Kier alpha value is -1.10. The van der Waals surface area contributed by atoms with Crippen molar-refractivity contribution in [3.8, 4) is 0 Å². The van der Waals surface area contributed by atoms with Crippen LogP contribution in [0.4, 0.5) is 0 Å². The SMILES string of the molecule is CC(C)CCOC(=O)CC[C@H]([NH3+])C(=O)OCCC(C)C. The van der Waals surface area contributed by atoms with Crippen LogP contribution in [0.25, 0.3) is 0 Å². The quantitative estimate of drug-likeness (QED) is 0.619. The summed E-state index contributed by atoms with van der Waals surface area (Å²) < 4.78 is 10.2. The van der Waals surface area contributed by atoms with Crippen LogP contribution in [0.2, 0.25) is 0 Å². The first-order chi connectivity index (χ1) is 9.32. The zero-order valence-corrected chi connectivity index (χ0v) is 13.3. The van der Waals surface area contributed by atoms with Gasteiger partial charge in [-0.2, -0.15) is 0 Å². The van der Waals surface area contributed by atoms with E-state index in [1.807, 2.05) is 0 Å². The molecule has 0 saturated carbocycles. The number of ether oxygens (including phenoxy) is 2. The Morgan fingerprint density at radius 2 is 1.40 bits per heavy atom. The van der Waals surface area contributed by atoms with Crippen LogP contribution in [0.3, 0.4) is 0 Å². The fraction of sp³-hybridized carbons (Fsp3) is 0.867.